The van der Waals surface area contributed by atoms with Gasteiger partial charge in [-0.05, 0) is 35.8 Å². The molecule has 3 rings (SSSR count). The maximum absolute atomic E-state index is 9.71. The van der Waals surface area contributed by atoms with Crippen LogP contribution in [-0.2, 0) is 0 Å². The Morgan fingerprint density at radius 2 is 2.19 bits per heavy atom. The molecule has 1 aromatic carbocycles. The van der Waals surface area contributed by atoms with Crippen molar-refractivity contribution in [2.75, 3.05) is 5.73 Å². The lowest BCUT2D eigenvalue weighted by Crippen LogP contribution is -1.84. The smallest absolute Gasteiger partial charge is 0.139 e. The van der Waals surface area contributed by atoms with Crippen LogP contribution in [0.1, 0.15) is 0 Å². The van der Waals surface area contributed by atoms with Gasteiger partial charge in [0.15, 0.2) is 0 Å². The van der Waals surface area contributed by atoms with Crippen molar-refractivity contribution < 1.29 is 5.11 Å². The minimum atomic E-state index is 0.208. The van der Waals surface area contributed by atoms with Crippen LogP contribution in [-0.4, -0.2) is 14.5 Å². The van der Waals surface area contributed by atoms with Crippen molar-refractivity contribution >= 4 is 28.1 Å². The molecule has 0 aliphatic rings. The molecule has 0 radical (unpaired) electrons. The molecule has 0 saturated carbocycles. The van der Waals surface area contributed by atoms with Gasteiger partial charge in [-0.3, -0.25) is 0 Å². The van der Waals surface area contributed by atoms with Crippen LogP contribution in [0.4, 0.5) is 5.69 Å². The summed E-state index contributed by atoms with van der Waals surface area (Å²) >= 11 is 1.40. The summed E-state index contributed by atoms with van der Waals surface area (Å²) in [4.78, 5) is 4.17. The SMILES string of the molecule is Nc1ccc(O)c2[nH]c(-c3ccns3)cc12. The molecule has 3 aromatic rings. The highest BCUT2D eigenvalue weighted by atomic mass is 32.1. The number of phenolic OH excluding ortho intramolecular Hbond substituents is 1. The van der Waals surface area contributed by atoms with Gasteiger partial charge >= 0.3 is 0 Å². The molecule has 0 amide bonds. The summed E-state index contributed by atoms with van der Waals surface area (Å²) in [6, 6.07) is 7.13. The van der Waals surface area contributed by atoms with Crippen LogP contribution in [0.2, 0.25) is 0 Å². The Hall–Kier alpha value is -2.01. The van der Waals surface area contributed by atoms with Crippen molar-refractivity contribution in [3.63, 3.8) is 0 Å². The number of nitrogens with one attached hydrogen (secondary N) is 1. The van der Waals surface area contributed by atoms with E-state index in [0.717, 1.165) is 16.0 Å². The number of aromatic hydroxyl groups is 1. The second kappa shape index (κ2) is 3.24. The van der Waals surface area contributed by atoms with Crippen molar-refractivity contribution in [3.05, 3.63) is 30.5 Å². The van der Waals surface area contributed by atoms with Crippen molar-refractivity contribution in [3.8, 4) is 16.3 Å². The second-order valence-corrected chi connectivity index (χ2v) is 4.36. The van der Waals surface area contributed by atoms with Crippen LogP contribution in [0.25, 0.3) is 21.5 Å². The van der Waals surface area contributed by atoms with Crippen LogP contribution in [0.3, 0.4) is 0 Å². The summed E-state index contributed by atoms with van der Waals surface area (Å²) in [5.41, 5.74) is 8.09. The van der Waals surface area contributed by atoms with Gasteiger partial charge in [0.1, 0.15) is 5.75 Å². The molecule has 0 bridgehead atoms. The summed E-state index contributed by atoms with van der Waals surface area (Å²) < 4.78 is 4.04. The Morgan fingerprint density at radius 3 is 2.88 bits per heavy atom. The average Bonchev–Trinajstić information content (AvgIpc) is 2.90. The number of nitrogens with two attached hydrogens (primary N) is 1. The number of rotatable bonds is 1. The summed E-state index contributed by atoms with van der Waals surface area (Å²) in [5, 5.41) is 10.5. The zero-order valence-corrected chi connectivity index (χ0v) is 9.08. The fourth-order valence-electron chi connectivity index (χ4n) is 1.71. The van der Waals surface area contributed by atoms with Gasteiger partial charge in [-0.2, -0.15) is 0 Å². The van der Waals surface area contributed by atoms with Crippen LogP contribution >= 0.6 is 11.5 Å². The Morgan fingerprint density at radius 1 is 1.31 bits per heavy atom. The molecule has 4 nitrogen and oxygen atoms in total. The normalized spacial score (nSPS) is 11.0. The Bertz CT molecular complexity index is 604. The summed E-state index contributed by atoms with van der Waals surface area (Å²) in [6.45, 7) is 0. The molecular formula is C11H9N3OS. The second-order valence-electron chi connectivity index (χ2n) is 3.52. The third kappa shape index (κ3) is 1.25. The Kier molecular flexibility index (Phi) is 1.87. The first-order valence-electron chi connectivity index (χ1n) is 4.77. The monoisotopic (exact) mass is 231 g/mol. The molecule has 16 heavy (non-hydrogen) atoms. The van der Waals surface area contributed by atoms with E-state index in [4.69, 9.17) is 5.73 Å². The minimum absolute atomic E-state index is 0.208. The van der Waals surface area contributed by atoms with Crippen LogP contribution in [0.15, 0.2) is 30.5 Å². The third-order valence-corrected chi connectivity index (χ3v) is 3.29. The van der Waals surface area contributed by atoms with Gasteiger partial charge in [0.2, 0.25) is 0 Å². The van der Waals surface area contributed by atoms with Gasteiger partial charge in [-0.15, -0.1) is 0 Å². The zero-order valence-electron chi connectivity index (χ0n) is 8.27. The summed E-state index contributed by atoms with van der Waals surface area (Å²) in [7, 11) is 0. The highest BCUT2D eigenvalue weighted by molar-refractivity contribution is 7.09. The predicted molar refractivity (Wildman–Crippen MR) is 65.5 cm³/mol. The molecule has 0 spiro atoms. The van der Waals surface area contributed by atoms with Crippen molar-refractivity contribution in [1.82, 2.24) is 9.36 Å². The van der Waals surface area contributed by atoms with Gasteiger partial charge < -0.3 is 15.8 Å². The fourth-order valence-corrected chi connectivity index (χ4v) is 2.28. The van der Waals surface area contributed by atoms with Crippen molar-refractivity contribution in [2.45, 2.75) is 0 Å². The number of H-pyrrole nitrogens is 1. The van der Waals surface area contributed by atoms with Crippen LogP contribution in [0, 0.1) is 0 Å². The number of phenols is 1. The number of fused-ring (bicyclic) bond motifs is 1. The van der Waals surface area contributed by atoms with E-state index >= 15 is 0 Å². The van der Waals surface area contributed by atoms with Gasteiger partial charge in [0, 0.05) is 17.3 Å². The lowest BCUT2D eigenvalue weighted by atomic mass is 10.2. The summed E-state index contributed by atoms with van der Waals surface area (Å²) in [6.07, 6.45) is 1.74. The standard InChI is InChI=1S/C11H9N3OS/c12-7-1-2-9(15)11-6(7)5-8(14-11)10-3-4-13-16-10/h1-5,14-15H,12H2. The molecular weight excluding hydrogens is 222 g/mol. The number of hydrogen-bond acceptors (Lipinski definition) is 4. The number of benzene rings is 1. The quantitative estimate of drug-likeness (QED) is 0.445. The minimum Gasteiger partial charge on any atom is -0.506 e. The number of aromatic nitrogens is 2. The molecule has 0 saturated heterocycles. The largest absolute Gasteiger partial charge is 0.506 e. The van der Waals surface area contributed by atoms with E-state index in [1.165, 1.54) is 11.5 Å². The number of hydrogen-bond donors (Lipinski definition) is 3. The lowest BCUT2D eigenvalue weighted by molar-refractivity contribution is 0.480. The first kappa shape index (κ1) is 9.23. The molecule has 80 valence electrons. The van der Waals surface area contributed by atoms with Crippen molar-refractivity contribution in [1.29, 1.82) is 0 Å². The van der Waals surface area contributed by atoms with E-state index in [1.54, 1.807) is 18.3 Å². The molecule has 0 unspecified atom stereocenters. The number of anilines is 1. The Labute approximate surface area is 95.5 Å². The fraction of sp³-hybridized carbons (Fsp3) is 0. The molecule has 2 aromatic heterocycles. The molecule has 0 aliphatic carbocycles. The zero-order chi connectivity index (χ0) is 11.1. The number of nitrogen functional groups attached to an aromatic ring is 1. The average molecular weight is 231 g/mol. The van der Waals surface area contributed by atoms with Crippen LogP contribution in [0.5, 0.6) is 5.75 Å². The highest BCUT2D eigenvalue weighted by Crippen LogP contribution is 2.33. The van der Waals surface area contributed by atoms with E-state index in [1.807, 2.05) is 12.1 Å². The topological polar surface area (TPSA) is 74.9 Å². The molecule has 0 atom stereocenters. The maximum atomic E-state index is 9.71. The van der Waals surface area contributed by atoms with Gasteiger partial charge in [-0.25, -0.2) is 4.37 Å². The van der Waals surface area contributed by atoms with E-state index in [0.29, 0.717) is 11.2 Å². The third-order valence-electron chi connectivity index (χ3n) is 2.51. The molecule has 5 heteroatoms. The molecule has 2 heterocycles. The van der Waals surface area contributed by atoms with Gasteiger partial charge in [0.25, 0.3) is 0 Å². The highest BCUT2D eigenvalue weighted by Gasteiger charge is 2.09. The van der Waals surface area contributed by atoms with E-state index < -0.39 is 0 Å². The number of nitrogens with zero attached hydrogens (tertiary/aromatic N) is 1. The first-order valence-corrected chi connectivity index (χ1v) is 5.54. The number of aromatic amines is 1. The molecule has 0 fully saturated rings. The molecule has 4 N–H and O–H groups in total. The molecule has 0 aliphatic heterocycles. The van der Waals surface area contributed by atoms with E-state index in [2.05, 4.69) is 9.36 Å². The van der Waals surface area contributed by atoms with E-state index in [9.17, 15) is 5.11 Å². The Balaban J connectivity index is 2.31. The predicted octanol–water partition coefficient (Wildman–Crippen LogP) is 2.58. The van der Waals surface area contributed by atoms with Crippen LogP contribution < -0.4 is 5.73 Å². The van der Waals surface area contributed by atoms with Crippen molar-refractivity contribution in [2.24, 2.45) is 0 Å². The maximum Gasteiger partial charge on any atom is 0.139 e. The van der Waals surface area contributed by atoms with Gasteiger partial charge in [0.05, 0.1) is 16.1 Å². The summed E-state index contributed by atoms with van der Waals surface area (Å²) in [5.74, 6) is 0.208. The van der Waals surface area contributed by atoms with Gasteiger partial charge in [-0.1, -0.05) is 0 Å². The van der Waals surface area contributed by atoms with E-state index in [-0.39, 0.29) is 5.75 Å². The first-order chi connectivity index (χ1) is 7.75. The lowest BCUT2D eigenvalue weighted by Gasteiger charge is -1.97.